The molecule has 2 atom stereocenters. The van der Waals surface area contributed by atoms with Gasteiger partial charge in [0.05, 0.1) is 34.6 Å². The SMILES string of the molecule is CC[C@@]1(O)C(=O)OCc2c1cc1n(c2=O)Cc2cc3c(CC(C)(O)N(C)C)c(OCc4ccc(NC(C)C)cc4)c(C#N)cc3nc2-1. The Hall–Kier alpha value is -4.76. The van der Waals surface area contributed by atoms with Crippen LogP contribution < -0.4 is 15.6 Å². The number of aromatic nitrogens is 2. The maximum absolute atomic E-state index is 13.7. The van der Waals surface area contributed by atoms with Gasteiger partial charge in [-0.05, 0) is 77.2 Å². The predicted molar refractivity (Wildman–Crippen MR) is 177 cm³/mol. The number of fused-ring (bicyclic) bond motifs is 5. The van der Waals surface area contributed by atoms with Crippen molar-refractivity contribution in [3.8, 4) is 23.2 Å². The number of carbonyl (C=O) groups excluding carboxylic acids is 1. The zero-order valence-corrected chi connectivity index (χ0v) is 27.5. The molecule has 4 aromatic rings. The lowest BCUT2D eigenvalue weighted by Crippen LogP contribution is -2.44. The van der Waals surface area contributed by atoms with E-state index in [9.17, 15) is 25.1 Å². The fraction of sp³-hybridized carbons (Fsp3) is 0.389. The van der Waals surface area contributed by atoms with Gasteiger partial charge in [0.15, 0.2) is 5.60 Å². The number of hydrogen-bond acceptors (Lipinski definition) is 10. The average molecular weight is 638 g/mol. The van der Waals surface area contributed by atoms with Crippen molar-refractivity contribution < 1.29 is 24.5 Å². The van der Waals surface area contributed by atoms with Crippen molar-refractivity contribution in [1.29, 1.82) is 5.26 Å². The fourth-order valence-corrected chi connectivity index (χ4v) is 6.28. The largest absolute Gasteiger partial charge is 0.487 e. The first-order chi connectivity index (χ1) is 22.3. The number of cyclic esters (lactones) is 1. The first kappa shape index (κ1) is 32.2. The third-order valence-electron chi connectivity index (χ3n) is 9.26. The van der Waals surface area contributed by atoms with Crippen LogP contribution in [-0.2, 0) is 41.3 Å². The molecule has 1 unspecified atom stereocenters. The van der Waals surface area contributed by atoms with Crippen LogP contribution in [0.3, 0.4) is 0 Å². The molecule has 244 valence electrons. The summed E-state index contributed by atoms with van der Waals surface area (Å²) < 4.78 is 13.1. The van der Waals surface area contributed by atoms with Crippen LogP contribution in [0.2, 0.25) is 0 Å². The third kappa shape index (κ3) is 5.52. The molecule has 2 aliphatic rings. The van der Waals surface area contributed by atoms with Crippen LogP contribution in [0.4, 0.5) is 5.69 Å². The van der Waals surface area contributed by atoms with Crippen molar-refractivity contribution in [3.63, 3.8) is 0 Å². The zero-order chi connectivity index (χ0) is 33.8. The number of hydrogen-bond donors (Lipinski definition) is 3. The Balaban J connectivity index is 1.48. The number of aliphatic hydroxyl groups is 2. The average Bonchev–Trinajstić information content (AvgIpc) is 3.39. The summed E-state index contributed by atoms with van der Waals surface area (Å²) in [5.41, 5.74) is 1.92. The molecule has 0 radical (unpaired) electrons. The van der Waals surface area contributed by atoms with Gasteiger partial charge in [-0.2, -0.15) is 5.26 Å². The fourth-order valence-electron chi connectivity index (χ4n) is 6.28. The van der Waals surface area contributed by atoms with E-state index in [1.54, 1.807) is 49.5 Å². The number of nitrogens with zero attached hydrogens (tertiary/aromatic N) is 4. The lowest BCUT2D eigenvalue weighted by molar-refractivity contribution is -0.172. The minimum atomic E-state index is -1.93. The van der Waals surface area contributed by atoms with Gasteiger partial charge in [-0.25, -0.2) is 9.78 Å². The quantitative estimate of drug-likeness (QED) is 0.159. The van der Waals surface area contributed by atoms with Gasteiger partial charge in [-0.3, -0.25) is 9.69 Å². The number of benzene rings is 2. The summed E-state index contributed by atoms with van der Waals surface area (Å²) in [6.07, 6.45) is 0.172. The Morgan fingerprint density at radius 2 is 1.94 bits per heavy atom. The van der Waals surface area contributed by atoms with E-state index in [-0.39, 0.29) is 54.8 Å². The normalized spacial score (nSPS) is 17.9. The Bertz CT molecular complexity index is 2010. The van der Waals surface area contributed by atoms with Crippen molar-refractivity contribution in [2.75, 3.05) is 19.4 Å². The maximum Gasteiger partial charge on any atom is 0.343 e. The van der Waals surface area contributed by atoms with Crippen LogP contribution in [0.15, 0.2) is 47.3 Å². The lowest BCUT2D eigenvalue weighted by atomic mass is 9.86. The monoisotopic (exact) mass is 637 g/mol. The molecule has 3 N–H and O–H groups in total. The smallest absolute Gasteiger partial charge is 0.343 e. The van der Waals surface area contributed by atoms with E-state index >= 15 is 0 Å². The zero-order valence-electron chi connectivity index (χ0n) is 27.5. The molecule has 2 aromatic heterocycles. The molecule has 0 saturated carbocycles. The summed E-state index contributed by atoms with van der Waals surface area (Å²) in [7, 11) is 3.55. The molecule has 11 nitrogen and oxygen atoms in total. The van der Waals surface area contributed by atoms with Crippen molar-refractivity contribution in [3.05, 3.63) is 86.2 Å². The molecule has 0 fully saturated rings. The predicted octanol–water partition coefficient (Wildman–Crippen LogP) is 4.16. The van der Waals surface area contributed by atoms with Gasteiger partial charge in [0.1, 0.15) is 30.8 Å². The number of nitriles is 1. The number of nitrogens with one attached hydrogen (secondary N) is 1. The van der Waals surface area contributed by atoms with E-state index in [4.69, 9.17) is 14.5 Å². The highest BCUT2D eigenvalue weighted by Gasteiger charge is 2.45. The van der Waals surface area contributed by atoms with Gasteiger partial charge in [0.25, 0.3) is 5.56 Å². The second kappa shape index (κ2) is 11.8. The van der Waals surface area contributed by atoms with E-state index in [0.29, 0.717) is 39.6 Å². The summed E-state index contributed by atoms with van der Waals surface area (Å²) in [4.78, 5) is 32.9. The third-order valence-corrected chi connectivity index (χ3v) is 9.26. The van der Waals surface area contributed by atoms with Crippen LogP contribution in [0, 0.1) is 11.3 Å². The van der Waals surface area contributed by atoms with Crippen molar-refractivity contribution in [2.45, 2.75) is 77.7 Å². The van der Waals surface area contributed by atoms with Gasteiger partial charge < -0.3 is 29.6 Å². The van der Waals surface area contributed by atoms with Crippen LogP contribution in [0.25, 0.3) is 22.3 Å². The Morgan fingerprint density at radius 3 is 2.57 bits per heavy atom. The van der Waals surface area contributed by atoms with E-state index in [1.165, 1.54) is 0 Å². The molecule has 0 amide bonds. The second-order valence-corrected chi connectivity index (χ2v) is 13.1. The maximum atomic E-state index is 13.7. The van der Waals surface area contributed by atoms with Crippen molar-refractivity contribution >= 4 is 22.6 Å². The first-order valence-electron chi connectivity index (χ1n) is 15.7. The molecule has 2 aliphatic heterocycles. The van der Waals surface area contributed by atoms with Gasteiger partial charge in [-0.1, -0.05) is 19.1 Å². The first-order valence-corrected chi connectivity index (χ1v) is 15.7. The number of anilines is 1. The molecule has 0 aliphatic carbocycles. The standard InChI is InChI=1S/C36H39N5O6/c1-7-36(45)28-14-30-31-23(17-41(30)33(42)27(28)19-47-34(36)43)12-25-26(15-35(4,44)40(5)6)32(22(16-37)13-29(25)39-31)46-18-21-8-10-24(11-9-21)38-20(2)3/h8-14,20,38,44-45H,7,15,17-19H2,1-6H3/t35?,36-/m0/s1. The van der Waals surface area contributed by atoms with E-state index < -0.39 is 17.3 Å². The van der Waals surface area contributed by atoms with Crippen molar-refractivity contribution in [2.24, 2.45) is 0 Å². The summed E-state index contributed by atoms with van der Waals surface area (Å²) in [6.45, 7) is 7.70. The van der Waals surface area contributed by atoms with E-state index in [2.05, 4.69) is 25.2 Å². The highest BCUT2D eigenvalue weighted by Crippen LogP contribution is 2.41. The highest BCUT2D eigenvalue weighted by atomic mass is 16.6. The molecular formula is C36H39N5O6. The van der Waals surface area contributed by atoms with E-state index in [1.807, 2.05) is 30.3 Å². The van der Waals surface area contributed by atoms with Crippen molar-refractivity contribution in [1.82, 2.24) is 14.5 Å². The topological polar surface area (TPSA) is 150 Å². The van der Waals surface area contributed by atoms with Crippen LogP contribution in [-0.4, -0.2) is 56.5 Å². The number of rotatable bonds is 9. The van der Waals surface area contributed by atoms with Gasteiger partial charge in [0.2, 0.25) is 0 Å². The number of pyridine rings is 2. The molecule has 0 bridgehead atoms. The van der Waals surface area contributed by atoms with E-state index in [0.717, 1.165) is 16.8 Å². The van der Waals surface area contributed by atoms with Gasteiger partial charge in [0, 0.05) is 40.2 Å². The Kier molecular flexibility index (Phi) is 8.08. The van der Waals surface area contributed by atoms with Crippen LogP contribution >= 0.6 is 0 Å². The molecule has 11 heteroatoms. The number of carbonyl (C=O) groups is 1. The summed E-state index contributed by atoms with van der Waals surface area (Å²) in [5.74, 6) is -0.423. The Morgan fingerprint density at radius 1 is 1.21 bits per heavy atom. The van der Waals surface area contributed by atoms with Crippen LogP contribution in [0.5, 0.6) is 5.75 Å². The number of esters is 1. The molecule has 2 aromatic carbocycles. The number of ether oxygens (including phenoxy) is 2. The Labute approximate surface area is 273 Å². The molecular weight excluding hydrogens is 598 g/mol. The summed E-state index contributed by atoms with van der Waals surface area (Å²) in [6, 6.07) is 15.7. The lowest BCUT2D eigenvalue weighted by Gasteiger charge is -2.32. The van der Waals surface area contributed by atoms with Crippen LogP contribution in [0.1, 0.15) is 67.5 Å². The molecule has 47 heavy (non-hydrogen) atoms. The van der Waals surface area contributed by atoms with Gasteiger partial charge in [-0.15, -0.1) is 0 Å². The molecule has 0 saturated heterocycles. The second-order valence-electron chi connectivity index (χ2n) is 13.1. The molecule has 0 spiro atoms. The number of likely N-dealkylation sites (N-methyl/N-ethyl adjacent to an activating group) is 1. The highest BCUT2D eigenvalue weighted by molar-refractivity contribution is 5.91. The van der Waals surface area contributed by atoms with Gasteiger partial charge >= 0.3 is 5.97 Å². The minimum absolute atomic E-state index is 0.0438. The minimum Gasteiger partial charge on any atom is -0.487 e. The summed E-state index contributed by atoms with van der Waals surface area (Å²) >= 11 is 0. The summed E-state index contributed by atoms with van der Waals surface area (Å²) in [5, 5.41) is 37.0. The molecule has 6 rings (SSSR count). The molecule has 4 heterocycles.